The second-order valence-electron chi connectivity index (χ2n) is 8.10. The molecule has 1 aliphatic rings. The third kappa shape index (κ3) is 7.24. The first-order valence-corrected chi connectivity index (χ1v) is 11.4. The van der Waals surface area contributed by atoms with Gasteiger partial charge >= 0.3 is 0 Å². The van der Waals surface area contributed by atoms with Crippen LogP contribution in [-0.4, -0.2) is 50.5 Å². The van der Waals surface area contributed by atoms with Crippen molar-refractivity contribution in [1.82, 2.24) is 10.6 Å². The van der Waals surface area contributed by atoms with Gasteiger partial charge in [-0.25, -0.2) is 0 Å². The standard InChI is InChI=1S/C23H38ClN3O2.HI/c1-4-22(5-2,11-14-28)17-26-21(25-6-3)27-18-23(12-15-29-16-13-23)19-9-7-8-10-20(19)24;/h7-10,28H,4-6,11-18H2,1-3H3,(H2,25,26,27);1H. The fourth-order valence-corrected chi connectivity index (χ4v) is 4.52. The van der Waals surface area contributed by atoms with E-state index in [9.17, 15) is 5.11 Å². The van der Waals surface area contributed by atoms with Crippen molar-refractivity contribution in [2.75, 3.05) is 39.5 Å². The zero-order valence-corrected chi connectivity index (χ0v) is 21.8. The number of halogens is 2. The van der Waals surface area contributed by atoms with E-state index in [0.717, 1.165) is 69.4 Å². The minimum Gasteiger partial charge on any atom is -0.396 e. The monoisotopic (exact) mass is 551 g/mol. The fourth-order valence-electron chi connectivity index (χ4n) is 4.18. The Bertz CT molecular complexity index is 647. The van der Waals surface area contributed by atoms with E-state index in [-0.39, 0.29) is 41.4 Å². The molecule has 1 heterocycles. The first kappa shape index (κ1) is 27.5. The number of nitrogens with one attached hydrogen (secondary N) is 2. The molecule has 0 aliphatic carbocycles. The third-order valence-corrected chi connectivity index (χ3v) is 6.88. The van der Waals surface area contributed by atoms with E-state index in [0.29, 0.717) is 6.54 Å². The number of guanidine groups is 1. The van der Waals surface area contributed by atoms with Crippen molar-refractivity contribution in [2.45, 2.75) is 58.3 Å². The molecular weight excluding hydrogens is 513 g/mol. The van der Waals surface area contributed by atoms with E-state index in [1.54, 1.807) is 0 Å². The van der Waals surface area contributed by atoms with Crippen molar-refractivity contribution in [1.29, 1.82) is 0 Å². The van der Waals surface area contributed by atoms with Crippen molar-refractivity contribution in [3.63, 3.8) is 0 Å². The number of rotatable bonds is 10. The van der Waals surface area contributed by atoms with Gasteiger partial charge in [-0.05, 0) is 56.1 Å². The highest BCUT2D eigenvalue weighted by atomic mass is 127. The van der Waals surface area contributed by atoms with Crippen LogP contribution >= 0.6 is 35.6 Å². The summed E-state index contributed by atoms with van der Waals surface area (Å²) >= 11 is 6.58. The van der Waals surface area contributed by atoms with Crippen LogP contribution in [-0.2, 0) is 10.2 Å². The van der Waals surface area contributed by atoms with Gasteiger partial charge in [0.1, 0.15) is 0 Å². The Morgan fingerprint density at radius 1 is 1.17 bits per heavy atom. The fraction of sp³-hybridized carbons (Fsp3) is 0.696. The molecule has 0 radical (unpaired) electrons. The van der Waals surface area contributed by atoms with E-state index in [2.05, 4.69) is 43.5 Å². The maximum Gasteiger partial charge on any atom is 0.191 e. The van der Waals surface area contributed by atoms with Crippen molar-refractivity contribution in [3.05, 3.63) is 34.9 Å². The average Bonchev–Trinajstić information content (AvgIpc) is 2.75. The average molecular weight is 552 g/mol. The van der Waals surface area contributed by atoms with Gasteiger partial charge in [0.25, 0.3) is 0 Å². The molecule has 7 heteroatoms. The molecule has 1 aromatic rings. The summed E-state index contributed by atoms with van der Waals surface area (Å²) in [5, 5.41) is 17.3. The maximum atomic E-state index is 9.49. The number of hydrogen-bond acceptors (Lipinski definition) is 3. The molecular formula is C23H39ClIN3O2. The predicted molar refractivity (Wildman–Crippen MR) is 137 cm³/mol. The summed E-state index contributed by atoms with van der Waals surface area (Å²) in [7, 11) is 0. The summed E-state index contributed by atoms with van der Waals surface area (Å²) < 4.78 is 5.65. The number of hydrogen-bond donors (Lipinski definition) is 3. The van der Waals surface area contributed by atoms with Crippen LogP contribution in [0.3, 0.4) is 0 Å². The van der Waals surface area contributed by atoms with Gasteiger partial charge in [-0.15, -0.1) is 24.0 Å². The van der Waals surface area contributed by atoms with Crippen molar-refractivity contribution < 1.29 is 9.84 Å². The van der Waals surface area contributed by atoms with E-state index >= 15 is 0 Å². The quantitative estimate of drug-likeness (QED) is 0.223. The minimum absolute atomic E-state index is 0. The Hall–Kier alpha value is -0.570. The first-order valence-electron chi connectivity index (χ1n) is 11.0. The van der Waals surface area contributed by atoms with Crippen molar-refractivity contribution >= 4 is 41.5 Å². The highest BCUT2D eigenvalue weighted by Crippen LogP contribution is 2.38. The number of nitrogens with zero attached hydrogens (tertiary/aromatic N) is 1. The van der Waals surface area contributed by atoms with Gasteiger partial charge < -0.3 is 20.5 Å². The van der Waals surface area contributed by atoms with E-state index < -0.39 is 0 Å². The summed E-state index contributed by atoms with van der Waals surface area (Å²) in [4.78, 5) is 4.90. The van der Waals surface area contributed by atoms with E-state index in [1.165, 1.54) is 5.56 Å². The van der Waals surface area contributed by atoms with Crippen molar-refractivity contribution in [3.8, 4) is 0 Å². The smallest absolute Gasteiger partial charge is 0.191 e. The first-order chi connectivity index (χ1) is 14.0. The van der Waals surface area contributed by atoms with Crippen LogP contribution in [0.2, 0.25) is 5.02 Å². The van der Waals surface area contributed by atoms with Crippen LogP contribution in [0.4, 0.5) is 0 Å². The molecule has 172 valence electrons. The van der Waals surface area contributed by atoms with Crippen LogP contribution in [0.15, 0.2) is 29.3 Å². The van der Waals surface area contributed by atoms with Gasteiger partial charge in [-0.1, -0.05) is 43.6 Å². The van der Waals surface area contributed by atoms with Gasteiger partial charge in [-0.3, -0.25) is 4.99 Å². The molecule has 1 aromatic carbocycles. The maximum absolute atomic E-state index is 9.49. The molecule has 3 N–H and O–H groups in total. The molecule has 30 heavy (non-hydrogen) atoms. The predicted octanol–water partition coefficient (Wildman–Crippen LogP) is 4.75. The minimum atomic E-state index is -0.0650. The Balaban J connectivity index is 0.00000450. The lowest BCUT2D eigenvalue weighted by Crippen LogP contribution is -2.48. The third-order valence-electron chi connectivity index (χ3n) is 6.55. The van der Waals surface area contributed by atoms with E-state index in [4.69, 9.17) is 21.3 Å². The lowest BCUT2D eigenvalue weighted by Gasteiger charge is -2.39. The largest absolute Gasteiger partial charge is 0.396 e. The van der Waals surface area contributed by atoms with Gasteiger partial charge in [0.2, 0.25) is 0 Å². The van der Waals surface area contributed by atoms with Gasteiger partial charge in [0, 0.05) is 49.9 Å². The number of aliphatic hydroxyl groups excluding tert-OH is 1. The normalized spacial score (nSPS) is 16.6. The van der Waals surface area contributed by atoms with Crippen LogP contribution < -0.4 is 10.6 Å². The highest BCUT2D eigenvalue weighted by Gasteiger charge is 2.36. The molecule has 0 unspecified atom stereocenters. The van der Waals surface area contributed by atoms with Gasteiger partial charge in [-0.2, -0.15) is 0 Å². The highest BCUT2D eigenvalue weighted by molar-refractivity contribution is 14.0. The summed E-state index contributed by atoms with van der Waals surface area (Å²) in [6.07, 6.45) is 4.66. The lowest BCUT2D eigenvalue weighted by molar-refractivity contribution is 0.0514. The Morgan fingerprint density at radius 3 is 2.40 bits per heavy atom. The Kier molecular flexibility index (Phi) is 12.6. The second-order valence-corrected chi connectivity index (χ2v) is 8.51. The summed E-state index contributed by atoms with van der Waals surface area (Å²) in [5.41, 5.74) is 1.17. The van der Waals surface area contributed by atoms with Crippen LogP contribution in [0, 0.1) is 5.41 Å². The SMILES string of the molecule is CCNC(=NCC(CC)(CC)CCO)NCC1(c2ccccc2Cl)CCOCC1.I. The van der Waals surface area contributed by atoms with Gasteiger partial charge in [0.05, 0.1) is 0 Å². The molecule has 2 rings (SSSR count). The summed E-state index contributed by atoms with van der Waals surface area (Å²) in [6, 6.07) is 8.15. The topological polar surface area (TPSA) is 65.9 Å². The van der Waals surface area contributed by atoms with Crippen LogP contribution in [0.1, 0.15) is 58.4 Å². The molecule has 1 fully saturated rings. The summed E-state index contributed by atoms with van der Waals surface area (Å²) in [6.45, 7) is 10.4. The molecule has 0 spiro atoms. The Labute approximate surface area is 204 Å². The molecule has 1 saturated heterocycles. The number of benzene rings is 1. The number of aliphatic hydroxyl groups is 1. The van der Waals surface area contributed by atoms with Crippen LogP contribution in [0.25, 0.3) is 0 Å². The summed E-state index contributed by atoms with van der Waals surface area (Å²) in [5.74, 6) is 0.828. The number of aliphatic imine (C=N–C) groups is 1. The lowest BCUT2D eigenvalue weighted by atomic mass is 9.74. The molecule has 0 amide bonds. The molecule has 5 nitrogen and oxygen atoms in total. The van der Waals surface area contributed by atoms with Crippen LogP contribution in [0.5, 0.6) is 0 Å². The second kappa shape index (κ2) is 13.8. The molecule has 1 aliphatic heterocycles. The van der Waals surface area contributed by atoms with E-state index in [1.807, 2.05) is 12.1 Å². The zero-order chi connectivity index (χ0) is 21.2. The molecule has 0 bridgehead atoms. The molecule has 0 saturated carbocycles. The molecule has 0 atom stereocenters. The van der Waals surface area contributed by atoms with Gasteiger partial charge in [0.15, 0.2) is 5.96 Å². The number of ether oxygens (including phenoxy) is 1. The Morgan fingerprint density at radius 2 is 1.83 bits per heavy atom. The molecule has 0 aromatic heterocycles. The van der Waals surface area contributed by atoms with Crippen molar-refractivity contribution in [2.24, 2.45) is 10.4 Å². The zero-order valence-electron chi connectivity index (χ0n) is 18.7.